The molecule has 0 spiro atoms. The number of rotatable bonds is 7. The van der Waals surface area contributed by atoms with E-state index >= 15 is 0 Å². The minimum atomic E-state index is 0.783. The Morgan fingerprint density at radius 2 is 2.10 bits per heavy atom. The number of aromatic nitrogens is 1. The SMILES string of the molecule is COc1ccc(CNCCc2scnc2C)c(OC)c1. The molecular formula is C15H20N2O2S. The highest BCUT2D eigenvalue weighted by Crippen LogP contribution is 2.24. The number of nitrogens with zero attached hydrogens (tertiary/aromatic N) is 1. The van der Waals surface area contributed by atoms with Gasteiger partial charge in [-0.05, 0) is 19.4 Å². The van der Waals surface area contributed by atoms with Crippen LogP contribution in [0.3, 0.4) is 0 Å². The molecule has 0 aliphatic carbocycles. The normalized spacial score (nSPS) is 10.6. The van der Waals surface area contributed by atoms with E-state index < -0.39 is 0 Å². The van der Waals surface area contributed by atoms with Gasteiger partial charge < -0.3 is 14.8 Å². The fourth-order valence-electron chi connectivity index (χ4n) is 1.99. The van der Waals surface area contributed by atoms with E-state index in [4.69, 9.17) is 9.47 Å². The molecule has 0 aliphatic rings. The van der Waals surface area contributed by atoms with Crippen molar-refractivity contribution in [3.8, 4) is 11.5 Å². The Kier molecular flexibility index (Phi) is 5.38. The van der Waals surface area contributed by atoms with E-state index in [1.807, 2.05) is 23.7 Å². The fourth-order valence-corrected chi connectivity index (χ4v) is 2.77. The molecule has 0 saturated carbocycles. The monoisotopic (exact) mass is 292 g/mol. The van der Waals surface area contributed by atoms with Crippen LogP contribution in [0.4, 0.5) is 0 Å². The zero-order chi connectivity index (χ0) is 14.4. The van der Waals surface area contributed by atoms with Crippen molar-refractivity contribution in [3.05, 3.63) is 39.8 Å². The number of hydrogen-bond acceptors (Lipinski definition) is 5. The van der Waals surface area contributed by atoms with E-state index in [9.17, 15) is 0 Å². The van der Waals surface area contributed by atoms with Crippen LogP contribution in [0.1, 0.15) is 16.1 Å². The maximum atomic E-state index is 5.38. The van der Waals surface area contributed by atoms with E-state index in [1.54, 1.807) is 25.6 Å². The summed E-state index contributed by atoms with van der Waals surface area (Å²) in [6, 6.07) is 5.89. The van der Waals surface area contributed by atoms with E-state index in [2.05, 4.69) is 17.2 Å². The summed E-state index contributed by atoms with van der Waals surface area (Å²) in [5.74, 6) is 1.66. The lowest BCUT2D eigenvalue weighted by Gasteiger charge is -2.11. The molecular weight excluding hydrogens is 272 g/mol. The summed E-state index contributed by atoms with van der Waals surface area (Å²) >= 11 is 1.72. The molecule has 1 aromatic heterocycles. The van der Waals surface area contributed by atoms with Crippen LogP contribution in [-0.2, 0) is 13.0 Å². The molecule has 1 N–H and O–H groups in total. The van der Waals surface area contributed by atoms with Gasteiger partial charge in [-0.15, -0.1) is 11.3 Å². The van der Waals surface area contributed by atoms with Gasteiger partial charge >= 0.3 is 0 Å². The van der Waals surface area contributed by atoms with Crippen LogP contribution in [0.5, 0.6) is 11.5 Å². The standard InChI is InChI=1S/C15H20N2O2S/c1-11-15(20-10-17-11)6-7-16-9-12-4-5-13(18-2)8-14(12)19-3/h4-5,8,10,16H,6-7,9H2,1-3H3. The van der Waals surface area contributed by atoms with Crippen LogP contribution >= 0.6 is 11.3 Å². The minimum absolute atomic E-state index is 0.783. The third-order valence-corrected chi connectivity index (χ3v) is 4.18. The molecule has 0 saturated heterocycles. The number of ether oxygens (including phenoxy) is 2. The van der Waals surface area contributed by atoms with Crippen molar-refractivity contribution >= 4 is 11.3 Å². The number of methoxy groups -OCH3 is 2. The lowest BCUT2D eigenvalue weighted by molar-refractivity contribution is 0.390. The third-order valence-electron chi connectivity index (χ3n) is 3.18. The van der Waals surface area contributed by atoms with Gasteiger partial charge in [0, 0.05) is 29.6 Å². The number of benzene rings is 1. The molecule has 4 nitrogen and oxygen atoms in total. The molecule has 20 heavy (non-hydrogen) atoms. The molecule has 1 heterocycles. The quantitative estimate of drug-likeness (QED) is 0.797. The van der Waals surface area contributed by atoms with Gasteiger partial charge in [0.2, 0.25) is 0 Å². The summed E-state index contributed by atoms with van der Waals surface area (Å²) in [5.41, 5.74) is 4.17. The lowest BCUT2D eigenvalue weighted by Crippen LogP contribution is -2.17. The summed E-state index contributed by atoms with van der Waals surface area (Å²) in [4.78, 5) is 5.60. The Morgan fingerprint density at radius 3 is 2.75 bits per heavy atom. The second-order valence-electron chi connectivity index (χ2n) is 4.47. The highest BCUT2D eigenvalue weighted by Gasteiger charge is 2.05. The molecule has 0 unspecified atom stereocenters. The second kappa shape index (κ2) is 7.26. The van der Waals surface area contributed by atoms with Gasteiger partial charge in [-0.2, -0.15) is 0 Å². The predicted octanol–water partition coefficient (Wildman–Crippen LogP) is 2.80. The smallest absolute Gasteiger partial charge is 0.127 e. The van der Waals surface area contributed by atoms with Gasteiger partial charge in [0.15, 0.2) is 0 Å². The van der Waals surface area contributed by atoms with E-state index in [1.165, 1.54) is 4.88 Å². The number of thiazole rings is 1. The highest BCUT2D eigenvalue weighted by molar-refractivity contribution is 7.09. The topological polar surface area (TPSA) is 43.4 Å². The molecule has 0 amide bonds. The number of hydrogen-bond donors (Lipinski definition) is 1. The summed E-state index contributed by atoms with van der Waals surface area (Å²) in [6.45, 7) is 3.77. The van der Waals surface area contributed by atoms with Gasteiger partial charge in [-0.25, -0.2) is 4.98 Å². The van der Waals surface area contributed by atoms with Crippen LogP contribution < -0.4 is 14.8 Å². The summed E-state index contributed by atoms with van der Waals surface area (Å²) in [6.07, 6.45) is 1.01. The van der Waals surface area contributed by atoms with Gasteiger partial charge in [-0.3, -0.25) is 0 Å². The fraction of sp³-hybridized carbons (Fsp3) is 0.400. The Morgan fingerprint density at radius 1 is 1.25 bits per heavy atom. The molecule has 0 atom stereocenters. The molecule has 1 aromatic carbocycles. The van der Waals surface area contributed by atoms with Crippen LogP contribution in [0, 0.1) is 6.92 Å². The van der Waals surface area contributed by atoms with Crippen molar-refractivity contribution in [3.63, 3.8) is 0 Å². The summed E-state index contributed by atoms with van der Waals surface area (Å²) in [7, 11) is 3.34. The van der Waals surface area contributed by atoms with Crippen molar-refractivity contribution in [2.45, 2.75) is 19.9 Å². The van der Waals surface area contributed by atoms with Crippen LogP contribution in [-0.4, -0.2) is 25.7 Å². The average molecular weight is 292 g/mol. The van der Waals surface area contributed by atoms with Crippen molar-refractivity contribution < 1.29 is 9.47 Å². The lowest BCUT2D eigenvalue weighted by atomic mass is 10.2. The first-order valence-corrected chi connectivity index (χ1v) is 7.43. The van der Waals surface area contributed by atoms with Gasteiger partial charge in [0.1, 0.15) is 11.5 Å². The summed E-state index contributed by atoms with van der Waals surface area (Å²) in [5, 5.41) is 3.44. The number of nitrogens with one attached hydrogen (secondary N) is 1. The van der Waals surface area contributed by atoms with Crippen LogP contribution in [0.25, 0.3) is 0 Å². The predicted molar refractivity (Wildman–Crippen MR) is 81.8 cm³/mol. The third kappa shape index (κ3) is 3.71. The molecule has 0 bridgehead atoms. The second-order valence-corrected chi connectivity index (χ2v) is 5.40. The molecule has 0 fully saturated rings. The summed E-state index contributed by atoms with van der Waals surface area (Å²) < 4.78 is 10.6. The largest absolute Gasteiger partial charge is 0.497 e. The molecule has 0 radical (unpaired) electrons. The van der Waals surface area contributed by atoms with E-state index in [0.29, 0.717) is 0 Å². The van der Waals surface area contributed by atoms with E-state index in [0.717, 1.165) is 42.3 Å². The van der Waals surface area contributed by atoms with Gasteiger partial charge in [0.05, 0.1) is 25.4 Å². The molecule has 0 aliphatic heterocycles. The highest BCUT2D eigenvalue weighted by atomic mass is 32.1. The first kappa shape index (κ1) is 14.8. The molecule has 5 heteroatoms. The van der Waals surface area contributed by atoms with Crippen molar-refractivity contribution in [1.29, 1.82) is 0 Å². The van der Waals surface area contributed by atoms with Crippen molar-refractivity contribution in [1.82, 2.24) is 10.3 Å². The molecule has 108 valence electrons. The Labute approximate surface area is 123 Å². The Hall–Kier alpha value is -1.59. The minimum Gasteiger partial charge on any atom is -0.497 e. The zero-order valence-corrected chi connectivity index (χ0v) is 12.9. The average Bonchev–Trinajstić information content (AvgIpc) is 2.89. The van der Waals surface area contributed by atoms with Gasteiger partial charge in [0.25, 0.3) is 0 Å². The van der Waals surface area contributed by atoms with Crippen LogP contribution in [0.2, 0.25) is 0 Å². The van der Waals surface area contributed by atoms with Crippen molar-refractivity contribution in [2.24, 2.45) is 0 Å². The number of aryl methyl sites for hydroxylation is 1. The van der Waals surface area contributed by atoms with Crippen molar-refractivity contribution in [2.75, 3.05) is 20.8 Å². The molecule has 2 aromatic rings. The Balaban J connectivity index is 1.86. The van der Waals surface area contributed by atoms with Gasteiger partial charge in [-0.1, -0.05) is 6.07 Å². The first-order valence-electron chi connectivity index (χ1n) is 6.55. The zero-order valence-electron chi connectivity index (χ0n) is 12.1. The maximum absolute atomic E-state index is 5.38. The van der Waals surface area contributed by atoms with Crippen LogP contribution in [0.15, 0.2) is 23.7 Å². The van der Waals surface area contributed by atoms with E-state index in [-0.39, 0.29) is 0 Å². The first-order chi connectivity index (χ1) is 9.74. The Bertz CT molecular complexity index is 555. The maximum Gasteiger partial charge on any atom is 0.127 e. The molecule has 2 rings (SSSR count).